The molecule has 214 valence electrons. The van der Waals surface area contributed by atoms with Gasteiger partial charge in [0, 0.05) is 44.1 Å². The maximum absolute atomic E-state index is 14.1. The fourth-order valence-corrected chi connectivity index (χ4v) is 5.16. The molecule has 3 rings (SSSR count). The van der Waals surface area contributed by atoms with Crippen LogP contribution >= 0.6 is 10.2 Å². The van der Waals surface area contributed by atoms with Gasteiger partial charge in [0.1, 0.15) is 17.0 Å². The van der Waals surface area contributed by atoms with Crippen molar-refractivity contribution in [1.29, 1.82) is 5.26 Å². The number of hydrogen-bond acceptors (Lipinski definition) is 7. The van der Waals surface area contributed by atoms with Crippen molar-refractivity contribution >= 4 is 34.4 Å². The Morgan fingerprint density at radius 3 is 2.44 bits per heavy atom. The summed E-state index contributed by atoms with van der Waals surface area (Å²) in [4.78, 5) is 33.0. The summed E-state index contributed by atoms with van der Waals surface area (Å²) < 4.78 is 72.5. The highest BCUT2D eigenvalue weighted by molar-refractivity contribution is 8.45. The van der Waals surface area contributed by atoms with E-state index in [9.17, 15) is 34.3 Å². The first-order valence-electron chi connectivity index (χ1n) is 11.8. The van der Waals surface area contributed by atoms with Crippen LogP contribution in [0, 0.1) is 11.5 Å². The molecule has 2 saturated heterocycles. The van der Waals surface area contributed by atoms with Gasteiger partial charge in [0.2, 0.25) is 0 Å². The summed E-state index contributed by atoms with van der Waals surface area (Å²) in [6, 6.07) is -0.827. The minimum atomic E-state index is -10.0. The second-order valence-electron chi connectivity index (χ2n) is 9.01. The monoisotopic (exact) mass is 576 g/mol. The van der Waals surface area contributed by atoms with Crippen LogP contribution < -0.4 is 10.2 Å². The van der Waals surface area contributed by atoms with Gasteiger partial charge < -0.3 is 9.64 Å². The first-order valence-corrected chi connectivity index (χ1v) is 13.7. The number of halogens is 5. The van der Waals surface area contributed by atoms with Crippen LogP contribution in [0.3, 0.4) is 0 Å². The SMILES string of the molecule is C=N/C=C(\C=C/C)C(C(=O)N1CCNC1)N(C(=O)C1CC(OC)CN1C#N)c1ccc(S(F)(F)(F)(F)F)cc1. The van der Waals surface area contributed by atoms with Gasteiger partial charge in [-0.25, -0.2) is 0 Å². The quantitative estimate of drug-likeness (QED) is 0.205. The van der Waals surface area contributed by atoms with E-state index >= 15 is 0 Å². The molecule has 0 spiro atoms. The molecule has 2 fully saturated rings. The molecule has 0 bridgehead atoms. The van der Waals surface area contributed by atoms with Gasteiger partial charge in [0.25, 0.3) is 11.8 Å². The minimum Gasteiger partial charge on any atom is -0.379 e. The van der Waals surface area contributed by atoms with Crippen molar-refractivity contribution < 1.29 is 33.8 Å². The number of amides is 2. The van der Waals surface area contributed by atoms with Crippen LogP contribution in [0.4, 0.5) is 25.1 Å². The molecule has 1 N–H and O–H groups in total. The summed E-state index contributed by atoms with van der Waals surface area (Å²) in [5.74, 6) is -1.40. The van der Waals surface area contributed by atoms with Crippen LogP contribution in [-0.2, 0) is 14.3 Å². The van der Waals surface area contributed by atoms with Crippen LogP contribution in [0.1, 0.15) is 13.3 Å². The van der Waals surface area contributed by atoms with Gasteiger partial charge in [-0.3, -0.25) is 29.7 Å². The molecule has 2 aliphatic heterocycles. The fourth-order valence-electron chi connectivity index (χ4n) is 4.51. The number of anilines is 1. The van der Waals surface area contributed by atoms with Gasteiger partial charge in [-0.2, -0.15) is 5.26 Å². The number of benzene rings is 1. The Hall–Kier alpha value is -3.48. The number of carbonyl (C=O) groups excluding carboxylic acids is 2. The van der Waals surface area contributed by atoms with E-state index in [-0.39, 0.29) is 49.6 Å². The maximum Gasteiger partial charge on any atom is 0.310 e. The molecule has 39 heavy (non-hydrogen) atoms. The van der Waals surface area contributed by atoms with E-state index in [2.05, 4.69) is 17.0 Å². The number of ether oxygens (including phenoxy) is 1. The average Bonchev–Trinajstić information content (AvgIpc) is 3.55. The number of nitrogens with one attached hydrogen (secondary N) is 1. The molecule has 2 amide bonds. The van der Waals surface area contributed by atoms with Crippen LogP contribution in [0.5, 0.6) is 0 Å². The van der Waals surface area contributed by atoms with E-state index < -0.39 is 45.1 Å². The third-order valence-corrected chi connectivity index (χ3v) is 7.55. The lowest BCUT2D eigenvalue weighted by molar-refractivity contribution is -0.133. The minimum absolute atomic E-state index is 0.0531. The summed E-state index contributed by atoms with van der Waals surface area (Å²) >= 11 is 0. The Bertz CT molecular complexity index is 1210. The van der Waals surface area contributed by atoms with Crippen molar-refractivity contribution in [3.05, 3.63) is 48.2 Å². The molecule has 0 saturated carbocycles. The number of likely N-dealkylation sites (tertiary alicyclic amines) is 1. The molecule has 1 aromatic rings. The van der Waals surface area contributed by atoms with Crippen molar-refractivity contribution in [2.75, 3.05) is 38.3 Å². The van der Waals surface area contributed by atoms with Crippen molar-refractivity contribution in [2.24, 2.45) is 4.99 Å². The second-order valence-corrected chi connectivity index (χ2v) is 11.4. The highest BCUT2D eigenvalue weighted by Gasteiger charge is 2.65. The Balaban J connectivity index is 2.23. The molecule has 1 aromatic carbocycles. The van der Waals surface area contributed by atoms with E-state index in [4.69, 9.17) is 4.74 Å². The predicted molar refractivity (Wildman–Crippen MR) is 138 cm³/mol. The first-order chi connectivity index (χ1) is 18.1. The lowest BCUT2D eigenvalue weighted by Gasteiger charge is -2.41. The lowest BCUT2D eigenvalue weighted by atomic mass is 10.0. The molecule has 2 aliphatic rings. The zero-order valence-electron chi connectivity index (χ0n) is 21.3. The summed E-state index contributed by atoms with van der Waals surface area (Å²) in [6.07, 6.45) is 5.73. The lowest BCUT2D eigenvalue weighted by Crippen LogP contribution is -2.55. The van der Waals surface area contributed by atoms with Gasteiger partial charge in [-0.05, 0) is 37.9 Å². The number of hydrogen-bond donors (Lipinski definition) is 1. The van der Waals surface area contributed by atoms with Gasteiger partial charge in [0.05, 0.1) is 19.3 Å². The van der Waals surface area contributed by atoms with E-state index in [0.717, 1.165) is 9.80 Å². The van der Waals surface area contributed by atoms with E-state index in [1.54, 1.807) is 13.0 Å². The Morgan fingerprint density at radius 1 is 1.28 bits per heavy atom. The highest BCUT2D eigenvalue weighted by atomic mass is 32.5. The Kier molecular flexibility index (Phi) is 8.16. The molecule has 9 nitrogen and oxygen atoms in total. The van der Waals surface area contributed by atoms with E-state index in [1.165, 1.54) is 24.3 Å². The number of nitrogens with zero attached hydrogens (tertiary/aromatic N) is 5. The molecular weight excluding hydrogens is 547 g/mol. The molecular formula is C24H29F5N6O3S. The molecule has 3 atom stereocenters. The Morgan fingerprint density at radius 2 is 1.95 bits per heavy atom. The first kappa shape index (κ1) is 30.1. The van der Waals surface area contributed by atoms with E-state index in [1.807, 2.05) is 6.19 Å². The molecule has 15 heteroatoms. The van der Waals surface area contributed by atoms with Crippen molar-refractivity contribution in [2.45, 2.75) is 36.4 Å². The standard InChI is InChI=1S/C24H29F5N6O3S/c1-4-5-17(13-31-2)22(24(37)33-11-10-32-16-33)35(23(36)21-12-19(38-3)14-34(21)15-30)18-6-8-20(9-7-18)39(25,26,27,28)29/h4-9,13,19,21-22,32H,2,10-12,14,16H2,1,3H3/b5-4-,17-13+. The predicted octanol–water partition coefficient (Wildman–Crippen LogP) is 4.17. The number of rotatable bonds is 9. The van der Waals surface area contributed by atoms with Crippen molar-refractivity contribution in [3.63, 3.8) is 0 Å². The third kappa shape index (κ3) is 6.75. The summed E-state index contributed by atoms with van der Waals surface area (Å²) in [5, 5.41) is 12.6. The normalized spacial score (nSPS) is 22.8. The number of carbonyl (C=O) groups is 2. The zero-order valence-corrected chi connectivity index (χ0v) is 22.1. The number of nitriles is 1. The van der Waals surface area contributed by atoms with Gasteiger partial charge in [-0.15, -0.1) is 0 Å². The maximum atomic E-state index is 14.1. The zero-order chi connectivity index (χ0) is 29.1. The molecule has 0 radical (unpaired) electrons. The summed E-state index contributed by atoms with van der Waals surface area (Å²) in [7, 11) is -8.61. The number of methoxy groups -OCH3 is 1. The van der Waals surface area contributed by atoms with E-state index in [0.29, 0.717) is 18.7 Å². The fraction of sp³-hybridized carbons (Fsp3) is 0.417. The van der Waals surface area contributed by atoms with Gasteiger partial charge in [0.15, 0.2) is 6.19 Å². The summed E-state index contributed by atoms with van der Waals surface area (Å²) in [6.45, 7) is 6.01. The largest absolute Gasteiger partial charge is 0.379 e. The van der Waals surface area contributed by atoms with Crippen molar-refractivity contribution in [3.8, 4) is 6.19 Å². The van der Waals surface area contributed by atoms with Gasteiger partial charge >= 0.3 is 10.2 Å². The van der Waals surface area contributed by atoms with Crippen LogP contribution in [0.15, 0.2) is 58.1 Å². The van der Waals surface area contributed by atoms with Crippen LogP contribution in [0.25, 0.3) is 0 Å². The summed E-state index contributed by atoms with van der Waals surface area (Å²) in [5.41, 5.74) is -0.0892. The number of aliphatic imine (C=N–C) groups is 1. The highest BCUT2D eigenvalue weighted by Crippen LogP contribution is 3.02. The smallest absolute Gasteiger partial charge is 0.310 e. The van der Waals surface area contributed by atoms with Crippen LogP contribution in [-0.4, -0.2) is 79.9 Å². The topological polar surface area (TPSA) is 101 Å². The Labute approximate surface area is 222 Å². The number of allylic oxidation sites excluding steroid dienone is 1. The molecule has 2 heterocycles. The average molecular weight is 577 g/mol. The second kappa shape index (κ2) is 10.6. The molecule has 0 aromatic heterocycles. The van der Waals surface area contributed by atoms with Crippen LogP contribution in [0.2, 0.25) is 0 Å². The molecule has 3 unspecified atom stereocenters. The van der Waals surface area contributed by atoms with Crippen molar-refractivity contribution in [1.82, 2.24) is 15.1 Å². The third-order valence-electron chi connectivity index (χ3n) is 6.39. The van der Waals surface area contributed by atoms with Gasteiger partial charge in [-0.1, -0.05) is 31.6 Å². The molecule has 0 aliphatic carbocycles.